The third-order valence-corrected chi connectivity index (χ3v) is 10.8. The summed E-state index contributed by atoms with van der Waals surface area (Å²) < 4.78 is 42.2. The van der Waals surface area contributed by atoms with Crippen LogP contribution in [0.3, 0.4) is 0 Å². The summed E-state index contributed by atoms with van der Waals surface area (Å²) in [5.41, 5.74) is 2.37. The van der Waals surface area contributed by atoms with E-state index in [0.717, 1.165) is 18.9 Å². The maximum Gasteiger partial charge on any atom is 0.433 e. The van der Waals surface area contributed by atoms with Crippen molar-refractivity contribution in [3.8, 4) is 11.1 Å². The second-order valence-corrected chi connectivity index (χ2v) is 15.6. The lowest BCUT2D eigenvalue weighted by Crippen LogP contribution is -2.47. The maximum atomic E-state index is 14.5. The minimum atomic E-state index is -4.74. The van der Waals surface area contributed by atoms with Gasteiger partial charge in [-0.25, -0.2) is 15.0 Å². The monoisotopic (exact) mass is 784 g/mol. The molecule has 6 rings (SSSR count). The predicted molar refractivity (Wildman–Crippen MR) is 210 cm³/mol. The van der Waals surface area contributed by atoms with Gasteiger partial charge in [-0.2, -0.15) is 18.3 Å². The van der Waals surface area contributed by atoms with Crippen LogP contribution >= 0.6 is 0 Å². The highest BCUT2D eigenvalue weighted by Gasteiger charge is 2.67. The van der Waals surface area contributed by atoms with E-state index in [1.54, 1.807) is 31.5 Å². The van der Waals surface area contributed by atoms with Gasteiger partial charge in [-0.15, -0.1) is 0 Å². The fourth-order valence-electron chi connectivity index (χ4n) is 7.70. The zero-order valence-corrected chi connectivity index (χ0v) is 33.0. The first-order chi connectivity index (χ1) is 26.9. The lowest BCUT2D eigenvalue weighted by molar-refractivity contribution is -0.141. The molecule has 12 nitrogen and oxygen atoms in total. The van der Waals surface area contributed by atoms with Crippen LogP contribution in [0, 0.1) is 25.2 Å². The SMILES string of the molecule is C=Cc1cc(-c2cnc(C)nc2)cc2c(C(C)=O)nn(CC(=O)N3[C@H](C(=O)Nc4nc(C(F)(F)F)ccc4C)C[C@@]4(CNC(=O)C[C@H](C)CCC=C(C)C)C[C@@H]34)c12. The Bertz CT molecular complexity index is 2280. The highest BCUT2D eigenvalue weighted by molar-refractivity contribution is 6.08. The van der Waals surface area contributed by atoms with E-state index in [9.17, 15) is 32.3 Å². The lowest BCUT2D eigenvalue weighted by atomic mass is 9.97. The van der Waals surface area contributed by atoms with Gasteiger partial charge in [0.15, 0.2) is 5.78 Å². The number of rotatable bonds is 14. The van der Waals surface area contributed by atoms with Crippen molar-refractivity contribution in [2.45, 2.75) is 98.5 Å². The standard InChI is InChI=1S/C42H47F3N8O4/c1-8-28-15-29(30-19-46-27(7)47-20-30)16-31-37(26(6)54)51-52(38(28)31)21-36(56)53-32(40(57)50-39-25(5)12-13-33(49-39)42(43,44)45)17-41(18-34(41)53)22-48-35(55)14-24(4)11-9-10-23(2)3/h8,10,12-13,15-16,19-20,24,32,34H,1,9,11,14,17-18,21-22H2,2-7H3,(H,48,55)(H,49,50,57)/t24-,32+,34-,41+/m1/s1. The van der Waals surface area contributed by atoms with Crippen LogP contribution in [-0.2, 0) is 27.1 Å². The number of pyridine rings is 1. The van der Waals surface area contributed by atoms with E-state index in [0.29, 0.717) is 51.8 Å². The first-order valence-electron chi connectivity index (χ1n) is 18.9. The third-order valence-electron chi connectivity index (χ3n) is 10.8. The molecule has 4 atom stereocenters. The molecule has 57 heavy (non-hydrogen) atoms. The Hall–Kier alpha value is -5.73. The van der Waals surface area contributed by atoms with Gasteiger partial charge in [-0.1, -0.05) is 37.3 Å². The molecule has 1 aromatic carbocycles. The average Bonchev–Trinajstić information content (AvgIpc) is 3.56. The summed E-state index contributed by atoms with van der Waals surface area (Å²) in [6.07, 6.45) is 5.06. The minimum absolute atomic E-state index is 0.135. The number of hydrogen-bond acceptors (Lipinski definition) is 8. The summed E-state index contributed by atoms with van der Waals surface area (Å²) in [5.74, 6) is -1.18. The Labute approximate surface area is 329 Å². The van der Waals surface area contributed by atoms with Crippen LogP contribution in [0.2, 0.25) is 0 Å². The Morgan fingerprint density at radius 2 is 1.77 bits per heavy atom. The molecular weight excluding hydrogens is 738 g/mol. The molecule has 3 amide bonds. The van der Waals surface area contributed by atoms with Crippen LogP contribution in [0.15, 0.2) is 54.9 Å². The first-order valence-corrected chi connectivity index (χ1v) is 18.9. The lowest BCUT2D eigenvalue weighted by Gasteiger charge is -2.27. The number of nitrogens with zero attached hydrogens (tertiary/aromatic N) is 6. The molecule has 0 spiro atoms. The summed E-state index contributed by atoms with van der Waals surface area (Å²) in [6.45, 7) is 14.6. The van der Waals surface area contributed by atoms with E-state index < -0.39 is 41.2 Å². The van der Waals surface area contributed by atoms with Crippen LogP contribution < -0.4 is 10.6 Å². The molecular formula is C42H47F3N8O4. The number of aromatic nitrogens is 5. The van der Waals surface area contributed by atoms with Gasteiger partial charge in [-0.05, 0) is 88.6 Å². The van der Waals surface area contributed by atoms with Gasteiger partial charge in [0, 0.05) is 60.3 Å². The summed E-state index contributed by atoms with van der Waals surface area (Å²) in [7, 11) is 0. The minimum Gasteiger partial charge on any atom is -0.355 e. The van der Waals surface area contributed by atoms with Gasteiger partial charge in [0.1, 0.15) is 35.6 Å². The molecule has 1 aliphatic carbocycles. The van der Waals surface area contributed by atoms with Crippen LogP contribution in [-0.4, -0.2) is 71.8 Å². The summed E-state index contributed by atoms with van der Waals surface area (Å²) in [6, 6.07) is 4.16. The Morgan fingerprint density at radius 1 is 1.05 bits per heavy atom. The van der Waals surface area contributed by atoms with Crippen molar-refractivity contribution in [1.82, 2.24) is 34.9 Å². The van der Waals surface area contributed by atoms with Crippen LogP contribution in [0.25, 0.3) is 28.1 Å². The Kier molecular flexibility index (Phi) is 11.5. The number of aryl methyl sites for hydroxylation is 2. The number of amides is 3. The molecule has 1 aliphatic heterocycles. The number of ketones is 1. The summed E-state index contributed by atoms with van der Waals surface area (Å²) in [4.78, 5) is 68.2. The molecule has 2 aliphatic rings. The molecule has 3 aromatic heterocycles. The molecule has 0 unspecified atom stereocenters. The number of likely N-dealkylation sites (tertiary alicyclic amines) is 1. The van der Waals surface area contributed by atoms with Gasteiger partial charge < -0.3 is 15.5 Å². The molecule has 15 heteroatoms. The van der Waals surface area contributed by atoms with E-state index in [1.807, 2.05) is 26.8 Å². The molecule has 300 valence electrons. The maximum absolute atomic E-state index is 14.5. The van der Waals surface area contributed by atoms with Crippen molar-refractivity contribution < 1.29 is 32.3 Å². The number of hydrogen-bond donors (Lipinski definition) is 2. The second-order valence-electron chi connectivity index (χ2n) is 15.6. The fraction of sp³-hybridized carbons (Fsp3) is 0.429. The fourth-order valence-corrected chi connectivity index (χ4v) is 7.70. The van der Waals surface area contributed by atoms with Gasteiger partial charge in [-0.3, -0.25) is 23.9 Å². The highest BCUT2D eigenvalue weighted by atomic mass is 19.4. The van der Waals surface area contributed by atoms with Gasteiger partial charge in [0.05, 0.1) is 5.52 Å². The van der Waals surface area contributed by atoms with E-state index in [4.69, 9.17) is 0 Å². The van der Waals surface area contributed by atoms with Crippen molar-refractivity contribution in [1.29, 1.82) is 0 Å². The first kappa shape index (κ1) is 40.9. The topological polar surface area (TPSA) is 152 Å². The number of halogens is 3. The molecule has 1 saturated carbocycles. The van der Waals surface area contributed by atoms with Crippen molar-refractivity contribution in [2.75, 3.05) is 11.9 Å². The smallest absolute Gasteiger partial charge is 0.355 e. The largest absolute Gasteiger partial charge is 0.433 e. The van der Waals surface area contributed by atoms with E-state index in [2.05, 4.69) is 43.3 Å². The molecule has 1 saturated heterocycles. The van der Waals surface area contributed by atoms with E-state index in [1.165, 1.54) is 35.1 Å². The highest BCUT2D eigenvalue weighted by Crippen LogP contribution is 2.59. The van der Waals surface area contributed by atoms with Crippen molar-refractivity contribution in [3.05, 3.63) is 83.2 Å². The number of Topliss-reactive ketones (excluding diaryl/α,β-unsaturated/α-hetero) is 1. The zero-order chi connectivity index (χ0) is 41.4. The van der Waals surface area contributed by atoms with Crippen LogP contribution in [0.4, 0.5) is 19.0 Å². The number of carbonyl (C=O) groups is 4. The van der Waals surface area contributed by atoms with Crippen LogP contribution in [0.5, 0.6) is 0 Å². The molecule has 4 heterocycles. The van der Waals surface area contributed by atoms with E-state index in [-0.39, 0.29) is 48.6 Å². The molecule has 4 aromatic rings. The Balaban J connectivity index is 1.29. The number of piperidine rings is 1. The number of fused-ring (bicyclic) bond motifs is 2. The predicted octanol–water partition coefficient (Wildman–Crippen LogP) is 7.26. The van der Waals surface area contributed by atoms with Gasteiger partial charge in [0.2, 0.25) is 17.7 Å². The van der Waals surface area contributed by atoms with Crippen molar-refractivity contribution in [3.63, 3.8) is 0 Å². The second kappa shape index (κ2) is 16.0. The number of carbonyl (C=O) groups excluding carboxylic acids is 4. The van der Waals surface area contributed by atoms with E-state index >= 15 is 0 Å². The molecule has 0 bridgehead atoms. The zero-order valence-electron chi connectivity index (χ0n) is 33.0. The number of benzene rings is 1. The van der Waals surface area contributed by atoms with Crippen molar-refractivity contribution >= 4 is 46.3 Å². The number of allylic oxidation sites excluding steroid dienone is 2. The van der Waals surface area contributed by atoms with Gasteiger partial charge >= 0.3 is 6.18 Å². The third kappa shape index (κ3) is 8.82. The number of anilines is 1. The normalized spacial score (nSPS) is 19.1. The van der Waals surface area contributed by atoms with Gasteiger partial charge in [0.25, 0.3) is 0 Å². The molecule has 0 radical (unpaired) electrons. The average molecular weight is 785 g/mol. The number of nitrogens with one attached hydrogen (secondary N) is 2. The van der Waals surface area contributed by atoms with Crippen molar-refractivity contribution in [2.24, 2.45) is 11.3 Å². The quantitative estimate of drug-likeness (QED) is 0.100. The van der Waals surface area contributed by atoms with Crippen LogP contribution in [0.1, 0.15) is 92.9 Å². The molecule has 2 fully saturated rings. The number of alkyl halides is 3. The summed E-state index contributed by atoms with van der Waals surface area (Å²) in [5, 5.41) is 10.7. The Morgan fingerprint density at radius 3 is 2.42 bits per heavy atom. The molecule has 2 N–H and O–H groups in total. The summed E-state index contributed by atoms with van der Waals surface area (Å²) >= 11 is 0.